The molecule has 4 heterocycles. The highest BCUT2D eigenvalue weighted by atomic mass is 79.9. The Labute approximate surface area is 147 Å². The summed E-state index contributed by atoms with van der Waals surface area (Å²) in [5.41, 5.74) is 1.91. The maximum Gasteiger partial charge on any atom is 0.173 e. The van der Waals surface area contributed by atoms with Crippen molar-refractivity contribution in [2.75, 3.05) is 36.5 Å². The van der Waals surface area contributed by atoms with E-state index in [1.165, 1.54) is 0 Å². The Morgan fingerprint density at radius 2 is 2.12 bits per heavy atom. The fourth-order valence-electron chi connectivity index (χ4n) is 2.70. The molecule has 0 aromatic carbocycles. The molecule has 24 heavy (non-hydrogen) atoms. The molecule has 0 bridgehead atoms. The number of pyridine rings is 1. The second kappa shape index (κ2) is 6.74. The van der Waals surface area contributed by atoms with E-state index in [9.17, 15) is 0 Å². The van der Waals surface area contributed by atoms with Gasteiger partial charge in [-0.25, -0.2) is 4.98 Å². The minimum absolute atomic E-state index is 0.674. The molecular weight excluding hydrogens is 372 g/mol. The molecule has 124 valence electrons. The van der Waals surface area contributed by atoms with Crippen LogP contribution in [0.1, 0.15) is 5.56 Å². The van der Waals surface area contributed by atoms with Crippen molar-refractivity contribution >= 4 is 33.2 Å². The Bertz CT molecular complexity index is 831. The molecule has 0 aliphatic carbocycles. The standard InChI is InChI=1S/C16H17BrN6O/c17-13-11-20-23-14(19-10-12-2-1-3-18-9-12)8-15(21-16(13)23)22-4-6-24-7-5-22/h1-3,8-9,11,19H,4-7,10H2. The molecule has 1 saturated heterocycles. The predicted molar refractivity (Wildman–Crippen MR) is 95.3 cm³/mol. The van der Waals surface area contributed by atoms with Crippen LogP contribution in [-0.4, -0.2) is 45.9 Å². The van der Waals surface area contributed by atoms with E-state index < -0.39 is 0 Å². The lowest BCUT2D eigenvalue weighted by Crippen LogP contribution is -2.36. The molecule has 4 rings (SSSR count). The lowest BCUT2D eigenvalue weighted by atomic mass is 10.3. The molecule has 3 aromatic rings. The van der Waals surface area contributed by atoms with Crippen molar-refractivity contribution in [3.05, 3.63) is 46.8 Å². The summed E-state index contributed by atoms with van der Waals surface area (Å²) in [7, 11) is 0. The van der Waals surface area contributed by atoms with E-state index in [0.717, 1.165) is 53.6 Å². The predicted octanol–water partition coefficient (Wildman–Crippen LogP) is 2.34. The monoisotopic (exact) mass is 388 g/mol. The molecule has 1 aliphatic rings. The Hall–Kier alpha value is -2.19. The van der Waals surface area contributed by atoms with Gasteiger partial charge < -0.3 is 15.0 Å². The smallest absolute Gasteiger partial charge is 0.173 e. The van der Waals surface area contributed by atoms with E-state index in [2.05, 4.69) is 36.2 Å². The minimum atomic E-state index is 0.674. The van der Waals surface area contributed by atoms with Crippen molar-refractivity contribution < 1.29 is 4.74 Å². The molecule has 0 radical (unpaired) electrons. The van der Waals surface area contributed by atoms with Crippen LogP contribution in [0, 0.1) is 0 Å². The Morgan fingerprint density at radius 1 is 1.25 bits per heavy atom. The van der Waals surface area contributed by atoms with Crippen molar-refractivity contribution in [2.24, 2.45) is 0 Å². The van der Waals surface area contributed by atoms with Gasteiger partial charge in [0.2, 0.25) is 0 Å². The zero-order chi connectivity index (χ0) is 16.4. The summed E-state index contributed by atoms with van der Waals surface area (Å²) in [6.07, 6.45) is 5.39. The summed E-state index contributed by atoms with van der Waals surface area (Å²) >= 11 is 3.53. The van der Waals surface area contributed by atoms with Crippen molar-refractivity contribution in [3.63, 3.8) is 0 Å². The molecule has 3 aromatic heterocycles. The van der Waals surface area contributed by atoms with Gasteiger partial charge in [-0.1, -0.05) is 6.07 Å². The van der Waals surface area contributed by atoms with Gasteiger partial charge in [0.1, 0.15) is 11.6 Å². The molecule has 8 heteroatoms. The number of fused-ring (bicyclic) bond motifs is 1. The van der Waals surface area contributed by atoms with Gasteiger partial charge in [0.25, 0.3) is 0 Å². The molecule has 1 aliphatic heterocycles. The number of nitrogens with one attached hydrogen (secondary N) is 1. The minimum Gasteiger partial charge on any atom is -0.378 e. The zero-order valence-corrected chi connectivity index (χ0v) is 14.6. The van der Waals surface area contributed by atoms with Gasteiger partial charge in [-0.3, -0.25) is 4.98 Å². The highest BCUT2D eigenvalue weighted by Crippen LogP contribution is 2.25. The first-order chi connectivity index (χ1) is 11.8. The van der Waals surface area contributed by atoms with E-state index in [4.69, 9.17) is 9.72 Å². The quantitative estimate of drug-likeness (QED) is 0.739. The molecule has 0 amide bonds. The molecular formula is C16H17BrN6O. The molecule has 0 unspecified atom stereocenters. The number of halogens is 1. The van der Waals surface area contributed by atoms with Gasteiger partial charge in [0.15, 0.2) is 5.65 Å². The van der Waals surface area contributed by atoms with Crippen molar-refractivity contribution in [1.29, 1.82) is 0 Å². The van der Waals surface area contributed by atoms with Crippen molar-refractivity contribution in [2.45, 2.75) is 6.54 Å². The third-order valence-corrected chi connectivity index (χ3v) is 4.51. The Balaban J connectivity index is 1.67. The highest BCUT2D eigenvalue weighted by Gasteiger charge is 2.17. The van der Waals surface area contributed by atoms with Gasteiger partial charge in [-0.15, -0.1) is 0 Å². The van der Waals surface area contributed by atoms with Crippen LogP contribution in [0.5, 0.6) is 0 Å². The first kappa shape index (κ1) is 15.3. The summed E-state index contributed by atoms with van der Waals surface area (Å²) in [6.45, 7) is 3.82. The lowest BCUT2D eigenvalue weighted by molar-refractivity contribution is 0.122. The van der Waals surface area contributed by atoms with Crippen LogP contribution < -0.4 is 10.2 Å². The fourth-order valence-corrected chi connectivity index (χ4v) is 3.05. The van der Waals surface area contributed by atoms with E-state index >= 15 is 0 Å². The third-order valence-electron chi connectivity index (χ3n) is 3.95. The number of anilines is 2. The summed E-state index contributed by atoms with van der Waals surface area (Å²) in [5, 5.41) is 7.84. The van der Waals surface area contributed by atoms with Crippen molar-refractivity contribution in [1.82, 2.24) is 19.6 Å². The SMILES string of the molecule is Brc1cnn2c(NCc3cccnc3)cc(N3CCOCC3)nc12. The second-order valence-corrected chi connectivity index (χ2v) is 6.40. The topological polar surface area (TPSA) is 67.6 Å². The van der Waals surface area contributed by atoms with Crippen LogP contribution in [0.3, 0.4) is 0 Å². The summed E-state index contributed by atoms with van der Waals surface area (Å²) in [4.78, 5) is 11.1. The number of ether oxygens (including phenoxy) is 1. The fraction of sp³-hybridized carbons (Fsp3) is 0.312. The number of hydrogen-bond donors (Lipinski definition) is 1. The van der Waals surface area contributed by atoms with Crippen LogP contribution in [0.4, 0.5) is 11.6 Å². The van der Waals surface area contributed by atoms with Gasteiger partial charge >= 0.3 is 0 Å². The molecule has 0 saturated carbocycles. The summed E-state index contributed by atoms with van der Waals surface area (Å²) in [6, 6.07) is 6.01. The second-order valence-electron chi connectivity index (χ2n) is 5.54. The number of hydrogen-bond acceptors (Lipinski definition) is 6. The first-order valence-corrected chi connectivity index (χ1v) is 8.60. The van der Waals surface area contributed by atoms with Crippen LogP contribution in [0.2, 0.25) is 0 Å². The van der Waals surface area contributed by atoms with Gasteiger partial charge in [0.05, 0.1) is 23.9 Å². The van der Waals surface area contributed by atoms with Crippen LogP contribution in [0.15, 0.2) is 41.3 Å². The summed E-state index contributed by atoms with van der Waals surface area (Å²) in [5.74, 6) is 1.83. The first-order valence-electron chi connectivity index (χ1n) is 7.81. The molecule has 0 spiro atoms. The maximum absolute atomic E-state index is 5.43. The largest absolute Gasteiger partial charge is 0.378 e. The maximum atomic E-state index is 5.43. The lowest BCUT2D eigenvalue weighted by Gasteiger charge is -2.28. The van der Waals surface area contributed by atoms with E-state index in [1.54, 1.807) is 12.4 Å². The Kier molecular flexibility index (Phi) is 4.31. The van der Waals surface area contributed by atoms with E-state index in [1.807, 2.05) is 28.9 Å². The molecule has 0 atom stereocenters. The summed E-state index contributed by atoms with van der Waals surface area (Å²) < 4.78 is 8.12. The molecule has 1 fully saturated rings. The number of nitrogens with zero attached hydrogens (tertiary/aromatic N) is 5. The van der Waals surface area contributed by atoms with Crippen molar-refractivity contribution in [3.8, 4) is 0 Å². The van der Waals surface area contributed by atoms with Crippen LogP contribution in [-0.2, 0) is 11.3 Å². The third kappa shape index (κ3) is 3.07. The Morgan fingerprint density at radius 3 is 2.92 bits per heavy atom. The van der Waals surface area contributed by atoms with E-state index in [-0.39, 0.29) is 0 Å². The molecule has 7 nitrogen and oxygen atoms in total. The van der Waals surface area contributed by atoms with Gasteiger partial charge in [0, 0.05) is 38.1 Å². The average molecular weight is 389 g/mol. The number of aromatic nitrogens is 4. The number of rotatable bonds is 4. The van der Waals surface area contributed by atoms with Crippen LogP contribution in [0.25, 0.3) is 5.65 Å². The zero-order valence-electron chi connectivity index (χ0n) is 13.0. The van der Waals surface area contributed by atoms with Gasteiger partial charge in [-0.05, 0) is 27.6 Å². The normalized spacial score (nSPS) is 15.0. The highest BCUT2D eigenvalue weighted by molar-refractivity contribution is 9.10. The van der Waals surface area contributed by atoms with E-state index in [0.29, 0.717) is 6.54 Å². The number of morpholine rings is 1. The molecule has 1 N–H and O–H groups in total. The average Bonchev–Trinajstić information content (AvgIpc) is 3.02. The van der Waals surface area contributed by atoms with Gasteiger partial charge in [-0.2, -0.15) is 9.61 Å². The van der Waals surface area contributed by atoms with Crippen LogP contribution >= 0.6 is 15.9 Å².